The number of likely N-dealkylation sites (N-methyl/N-ethyl adjacent to an activating group) is 1. The molecule has 1 nitrogen and oxygen atoms in total. The van der Waals surface area contributed by atoms with Crippen LogP contribution in [0.2, 0.25) is 5.02 Å². The predicted octanol–water partition coefficient (Wildman–Crippen LogP) is 4.80. The molecule has 21 heavy (non-hydrogen) atoms. The Labute approximate surface area is 131 Å². The van der Waals surface area contributed by atoms with Gasteiger partial charge in [-0.25, -0.2) is 4.39 Å². The van der Waals surface area contributed by atoms with E-state index in [1.165, 1.54) is 11.6 Å². The second-order valence-corrected chi connectivity index (χ2v) is 5.70. The highest BCUT2D eigenvalue weighted by Gasteiger charge is 2.21. The van der Waals surface area contributed by atoms with Crippen molar-refractivity contribution in [2.45, 2.75) is 31.7 Å². The van der Waals surface area contributed by atoms with Crippen molar-refractivity contribution in [2.75, 3.05) is 7.05 Å². The maximum Gasteiger partial charge on any atom is 0.126 e. The quantitative estimate of drug-likeness (QED) is 0.808. The number of rotatable bonds is 6. The zero-order valence-electron chi connectivity index (χ0n) is 12.4. The highest BCUT2D eigenvalue weighted by Crippen LogP contribution is 2.27. The molecule has 0 amide bonds. The lowest BCUT2D eigenvalue weighted by atomic mass is 9.85. The van der Waals surface area contributed by atoms with E-state index in [0.29, 0.717) is 22.9 Å². The van der Waals surface area contributed by atoms with Gasteiger partial charge < -0.3 is 5.32 Å². The summed E-state index contributed by atoms with van der Waals surface area (Å²) in [7, 11) is 1.93. The van der Waals surface area contributed by atoms with Crippen LogP contribution in [0, 0.1) is 5.82 Å². The van der Waals surface area contributed by atoms with E-state index in [9.17, 15) is 4.39 Å². The van der Waals surface area contributed by atoms with Gasteiger partial charge in [-0.2, -0.15) is 0 Å². The fourth-order valence-electron chi connectivity index (χ4n) is 2.83. The molecule has 0 saturated carbocycles. The van der Waals surface area contributed by atoms with Crippen LogP contribution in [0.15, 0.2) is 48.5 Å². The van der Waals surface area contributed by atoms with Crippen LogP contribution in [0.5, 0.6) is 0 Å². The van der Waals surface area contributed by atoms with Crippen molar-refractivity contribution in [3.8, 4) is 0 Å². The van der Waals surface area contributed by atoms with Crippen LogP contribution in [0.25, 0.3) is 0 Å². The summed E-state index contributed by atoms with van der Waals surface area (Å²) in [5.41, 5.74) is 1.94. The summed E-state index contributed by atoms with van der Waals surface area (Å²) in [4.78, 5) is 0. The molecule has 0 saturated heterocycles. The molecule has 2 atom stereocenters. The molecule has 0 fully saturated rings. The summed E-state index contributed by atoms with van der Waals surface area (Å²) in [5.74, 6) is 0.150. The van der Waals surface area contributed by atoms with E-state index in [0.717, 1.165) is 6.42 Å². The van der Waals surface area contributed by atoms with Crippen LogP contribution >= 0.6 is 11.6 Å². The third-order valence-corrected chi connectivity index (χ3v) is 4.21. The van der Waals surface area contributed by atoms with Crippen molar-refractivity contribution in [1.82, 2.24) is 5.32 Å². The summed E-state index contributed by atoms with van der Waals surface area (Å²) >= 11 is 5.99. The van der Waals surface area contributed by atoms with Crippen LogP contribution in [-0.2, 0) is 6.42 Å². The van der Waals surface area contributed by atoms with Crippen LogP contribution in [-0.4, -0.2) is 13.1 Å². The summed E-state index contributed by atoms with van der Waals surface area (Å²) in [6, 6.07) is 15.3. The molecule has 0 spiro atoms. The van der Waals surface area contributed by atoms with E-state index >= 15 is 0 Å². The van der Waals surface area contributed by atoms with Crippen LogP contribution in [0.4, 0.5) is 4.39 Å². The molecule has 1 N–H and O–H groups in total. The monoisotopic (exact) mass is 305 g/mol. The van der Waals surface area contributed by atoms with Gasteiger partial charge in [0.1, 0.15) is 5.82 Å². The SMILES string of the molecule is CCC(c1ccccc1)C(Cc1cc(Cl)ccc1F)NC. The number of halogens is 2. The Morgan fingerprint density at radius 1 is 1.14 bits per heavy atom. The minimum Gasteiger partial charge on any atom is -0.316 e. The van der Waals surface area contributed by atoms with Gasteiger partial charge in [0.15, 0.2) is 0 Å². The third-order valence-electron chi connectivity index (χ3n) is 3.97. The van der Waals surface area contributed by atoms with Gasteiger partial charge in [0.05, 0.1) is 0 Å². The molecule has 0 aromatic heterocycles. The largest absolute Gasteiger partial charge is 0.316 e. The number of hydrogen-bond acceptors (Lipinski definition) is 1. The van der Waals surface area contributed by atoms with Gasteiger partial charge in [-0.15, -0.1) is 0 Å². The van der Waals surface area contributed by atoms with E-state index in [4.69, 9.17) is 11.6 Å². The second-order valence-electron chi connectivity index (χ2n) is 5.26. The first-order valence-electron chi connectivity index (χ1n) is 7.31. The molecule has 2 unspecified atom stereocenters. The van der Waals surface area contributed by atoms with Crippen molar-refractivity contribution in [3.05, 3.63) is 70.5 Å². The van der Waals surface area contributed by atoms with E-state index in [-0.39, 0.29) is 11.9 Å². The molecule has 0 radical (unpaired) electrons. The van der Waals surface area contributed by atoms with Gasteiger partial charge in [-0.3, -0.25) is 0 Å². The number of nitrogens with one attached hydrogen (secondary N) is 1. The van der Waals surface area contributed by atoms with Gasteiger partial charge in [0.25, 0.3) is 0 Å². The molecule has 0 aliphatic heterocycles. The van der Waals surface area contributed by atoms with Crippen LogP contribution in [0.3, 0.4) is 0 Å². The third kappa shape index (κ3) is 4.05. The molecule has 0 bridgehead atoms. The smallest absolute Gasteiger partial charge is 0.126 e. The van der Waals surface area contributed by atoms with Crippen molar-refractivity contribution < 1.29 is 4.39 Å². The summed E-state index contributed by atoms with van der Waals surface area (Å²) in [5, 5.41) is 3.91. The molecule has 3 heteroatoms. The first kappa shape index (κ1) is 16.0. The van der Waals surface area contributed by atoms with Crippen LogP contribution < -0.4 is 5.32 Å². The van der Waals surface area contributed by atoms with E-state index in [1.807, 2.05) is 25.2 Å². The van der Waals surface area contributed by atoms with Gasteiger partial charge in [-0.1, -0.05) is 48.9 Å². The summed E-state index contributed by atoms with van der Waals surface area (Å²) < 4.78 is 13.9. The maximum absolute atomic E-state index is 13.9. The van der Waals surface area contributed by atoms with Gasteiger partial charge >= 0.3 is 0 Å². The number of hydrogen-bond donors (Lipinski definition) is 1. The van der Waals surface area contributed by atoms with Crippen molar-refractivity contribution in [1.29, 1.82) is 0 Å². The first-order valence-corrected chi connectivity index (χ1v) is 7.69. The second kappa shape index (κ2) is 7.58. The average molecular weight is 306 g/mol. The molecule has 2 aromatic carbocycles. The van der Waals surface area contributed by atoms with Gasteiger partial charge in [0, 0.05) is 11.1 Å². The molecular weight excluding hydrogens is 285 g/mol. The summed E-state index contributed by atoms with van der Waals surface area (Å²) in [6.45, 7) is 2.16. The molecule has 0 heterocycles. The highest BCUT2D eigenvalue weighted by molar-refractivity contribution is 6.30. The lowest BCUT2D eigenvalue weighted by Gasteiger charge is -2.27. The van der Waals surface area contributed by atoms with Gasteiger partial charge in [0.2, 0.25) is 0 Å². The Morgan fingerprint density at radius 3 is 2.48 bits per heavy atom. The van der Waals surface area contributed by atoms with E-state index < -0.39 is 0 Å². The molecule has 112 valence electrons. The number of benzene rings is 2. The Morgan fingerprint density at radius 2 is 1.86 bits per heavy atom. The molecule has 0 aliphatic carbocycles. The Hall–Kier alpha value is -1.38. The molecule has 2 rings (SSSR count). The fraction of sp³-hybridized carbons (Fsp3) is 0.333. The Balaban J connectivity index is 2.24. The van der Waals surface area contributed by atoms with Crippen molar-refractivity contribution >= 4 is 11.6 Å². The van der Waals surface area contributed by atoms with Crippen LogP contribution in [0.1, 0.15) is 30.4 Å². The lowest BCUT2D eigenvalue weighted by Crippen LogP contribution is -2.34. The molecular formula is C18H21ClFN. The molecule has 2 aromatic rings. The maximum atomic E-state index is 13.9. The average Bonchev–Trinajstić information content (AvgIpc) is 2.51. The van der Waals surface area contributed by atoms with E-state index in [1.54, 1.807) is 12.1 Å². The normalized spacial score (nSPS) is 13.9. The fourth-order valence-corrected chi connectivity index (χ4v) is 3.03. The topological polar surface area (TPSA) is 12.0 Å². The van der Waals surface area contributed by atoms with E-state index in [2.05, 4.69) is 24.4 Å². The minimum atomic E-state index is -0.192. The molecule has 0 aliphatic rings. The van der Waals surface area contributed by atoms with Crippen molar-refractivity contribution in [2.24, 2.45) is 0 Å². The standard InChI is InChI=1S/C18H21ClFN/c1-3-16(13-7-5-4-6-8-13)18(21-2)12-14-11-15(19)9-10-17(14)20/h4-11,16,18,21H,3,12H2,1-2H3. The zero-order chi connectivity index (χ0) is 15.2. The first-order chi connectivity index (χ1) is 10.2. The predicted molar refractivity (Wildman–Crippen MR) is 87.4 cm³/mol. The Bertz CT molecular complexity index is 571. The minimum absolute atomic E-state index is 0.172. The highest BCUT2D eigenvalue weighted by atomic mass is 35.5. The Kier molecular flexibility index (Phi) is 5.77. The lowest BCUT2D eigenvalue weighted by molar-refractivity contribution is 0.441. The summed E-state index contributed by atoms with van der Waals surface area (Å²) in [6.07, 6.45) is 1.62. The van der Waals surface area contributed by atoms with Crippen molar-refractivity contribution in [3.63, 3.8) is 0 Å². The van der Waals surface area contributed by atoms with Gasteiger partial charge in [-0.05, 0) is 55.1 Å². The zero-order valence-corrected chi connectivity index (χ0v) is 13.2.